The third-order valence-electron chi connectivity index (χ3n) is 26.6. The van der Waals surface area contributed by atoms with Gasteiger partial charge in [-0.05, 0) is 198 Å². The maximum Gasteiger partial charge on any atom is 0.252 e. The highest BCUT2D eigenvalue weighted by molar-refractivity contribution is 7.01. The summed E-state index contributed by atoms with van der Waals surface area (Å²) < 4.78 is 2.59. The van der Waals surface area contributed by atoms with E-state index in [0.29, 0.717) is 0 Å². The maximum absolute atomic E-state index is 2.89. The Morgan fingerprint density at radius 3 is 1.03 bits per heavy atom. The van der Waals surface area contributed by atoms with E-state index in [1.54, 1.807) is 0 Å². The van der Waals surface area contributed by atoms with Crippen molar-refractivity contribution in [1.82, 2.24) is 4.57 Å². The highest BCUT2D eigenvalue weighted by atomic mass is 15.2. The van der Waals surface area contributed by atoms with Crippen molar-refractivity contribution in [3.05, 3.63) is 443 Å². The minimum absolute atomic E-state index is 0.354. The monoisotopic (exact) mass is 1380 g/mol. The molecule has 8 aliphatic rings. The van der Waals surface area contributed by atoms with Crippen LogP contribution >= 0.6 is 0 Å². The molecule has 18 aromatic rings. The van der Waals surface area contributed by atoms with Gasteiger partial charge in [-0.3, -0.25) is 0 Å². The number of hydrogen-bond donors (Lipinski definition) is 0. The first kappa shape index (κ1) is 58.5. The summed E-state index contributed by atoms with van der Waals surface area (Å²) in [7, 11) is 0. The topological polar surface area (TPSA) is 11.4 Å². The van der Waals surface area contributed by atoms with Gasteiger partial charge in [0.2, 0.25) is 0 Å². The van der Waals surface area contributed by atoms with E-state index >= 15 is 0 Å². The minimum Gasteiger partial charge on any atom is -0.311 e. The SMILES string of the molecule is c1ccc(-c2ccc(N3c4cc(-n5c6ccccc6c6ccccc65)cc5c4B(c4ccc6c(c4N5c4cccc5c4C4(c7ccccc7-c7ccccc74)c4ccccc4-5)C4(c5ccccc5-c5ccccc54)c4ccccc4-6)c4c3ccc3c4C4(c5ccccc5-c5ccccc54)c4ccccc4-3)cc2)cc1. The summed E-state index contributed by atoms with van der Waals surface area (Å²) in [5, 5.41) is 2.44. The Hall–Kier alpha value is -13.8. The van der Waals surface area contributed by atoms with E-state index in [2.05, 4.69) is 390 Å². The molecular formula is C105H62BN3. The average Bonchev–Trinajstić information content (AvgIpc) is 1.53. The molecule has 0 N–H and O–H groups in total. The van der Waals surface area contributed by atoms with Crippen molar-refractivity contribution in [3.63, 3.8) is 0 Å². The van der Waals surface area contributed by atoms with Gasteiger partial charge in [0.1, 0.15) is 0 Å². The highest BCUT2D eigenvalue weighted by Crippen LogP contribution is 2.70. The van der Waals surface area contributed by atoms with E-state index < -0.39 is 16.2 Å². The van der Waals surface area contributed by atoms with Crippen LogP contribution in [0.2, 0.25) is 0 Å². The normalized spacial score (nSPS) is 15.0. The Kier molecular flexibility index (Phi) is 11.2. The number of anilines is 6. The standard InChI is InChI=1S/C105H62BN3/c1-2-27-63(28-3-1)64-53-55-65(56-54-64)107-94-60-58-79-74-36-11-22-48-88(74)104(83-43-17-6-31-69(83)70-32-7-18-44-84(70)104)98(79)101(94)106-90-59-57-80-75-37-12-23-49-89(75)105(85-45-19-8-33-71(85)72-34-9-20-46-86(72)105)99(80)102(90)109(96-62-66(61-95(107)100(96)106)108-91-50-24-13-38-76(91)77-39-14-25-51-92(77)108)93-52-26-40-78-73-35-10-21-47-87(73)103(97(78)93)81-41-15-4-29-67(81)68-30-5-16-42-82(68)103/h1-62H. The second-order valence-electron chi connectivity index (χ2n) is 31.0. The number of hydrogen-bond acceptors (Lipinski definition) is 2. The van der Waals surface area contributed by atoms with Crippen molar-refractivity contribution in [3.8, 4) is 83.6 Å². The largest absolute Gasteiger partial charge is 0.311 e. The zero-order chi connectivity index (χ0) is 70.7. The van der Waals surface area contributed by atoms with Crippen LogP contribution in [0.3, 0.4) is 0 Å². The molecule has 3 heterocycles. The first-order valence-electron chi connectivity index (χ1n) is 38.4. The van der Waals surface area contributed by atoms with E-state index in [4.69, 9.17) is 0 Å². The van der Waals surface area contributed by atoms with Crippen molar-refractivity contribution < 1.29 is 0 Å². The van der Waals surface area contributed by atoms with Gasteiger partial charge in [-0.15, -0.1) is 0 Å². The highest BCUT2D eigenvalue weighted by Gasteiger charge is 2.61. The zero-order valence-corrected chi connectivity index (χ0v) is 59.2. The van der Waals surface area contributed by atoms with Gasteiger partial charge in [-0.1, -0.05) is 328 Å². The molecule has 0 amide bonds. The van der Waals surface area contributed by atoms with Crippen LogP contribution in [0.5, 0.6) is 0 Å². The van der Waals surface area contributed by atoms with Gasteiger partial charge in [0.05, 0.1) is 38.7 Å². The quantitative estimate of drug-likeness (QED) is 0.163. The second kappa shape index (κ2) is 20.8. The molecule has 0 radical (unpaired) electrons. The molecule has 109 heavy (non-hydrogen) atoms. The summed E-state index contributed by atoms with van der Waals surface area (Å²) >= 11 is 0. The van der Waals surface area contributed by atoms with E-state index in [1.807, 2.05) is 0 Å². The zero-order valence-electron chi connectivity index (χ0n) is 59.2. The Labute approximate surface area is 631 Å². The fraction of sp³-hybridized carbons (Fsp3) is 0.0286. The Morgan fingerprint density at radius 2 is 0.560 bits per heavy atom. The van der Waals surface area contributed by atoms with Crippen LogP contribution < -0.4 is 26.2 Å². The van der Waals surface area contributed by atoms with Gasteiger partial charge in [0.15, 0.2) is 0 Å². The van der Waals surface area contributed by atoms with E-state index in [1.165, 1.54) is 183 Å². The third-order valence-corrected chi connectivity index (χ3v) is 26.6. The summed E-state index contributed by atoms with van der Waals surface area (Å²) in [6.45, 7) is -0.354. The van der Waals surface area contributed by atoms with Gasteiger partial charge < -0.3 is 14.4 Å². The van der Waals surface area contributed by atoms with Crippen molar-refractivity contribution in [2.75, 3.05) is 9.80 Å². The lowest BCUT2D eigenvalue weighted by atomic mass is 9.31. The number of aromatic nitrogens is 1. The summed E-state index contributed by atoms with van der Waals surface area (Å²) in [6, 6.07) is 146. The van der Waals surface area contributed by atoms with Gasteiger partial charge >= 0.3 is 0 Å². The molecule has 0 fully saturated rings. The number of nitrogens with zero attached hydrogens (tertiary/aromatic N) is 3. The fourth-order valence-electron chi connectivity index (χ4n) is 22.9. The smallest absolute Gasteiger partial charge is 0.252 e. The molecule has 0 unspecified atom stereocenters. The first-order valence-corrected chi connectivity index (χ1v) is 38.4. The number of para-hydroxylation sites is 2. The van der Waals surface area contributed by atoms with Crippen LogP contribution in [0.1, 0.15) is 66.8 Å². The Balaban J connectivity index is 0.894. The van der Waals surface area contributed by atoms with E-state index in [0.717, 1.165) is 39.5 Å². The van der Waals surface area contributed by atoms with Crippen molar-refractivity contribution in [1.29, 1.82) is 0 Å². The van der Waals surface area contributed by atoms with Crippen LogP contribution in [0.25, 0.3) is 105 Å². The molecule has 2 aliphatic heterocycles. The number of benzene rings is 17. The Bertz CT molecular complexity index is 6910. The molecule has 3 spiro atoms. The van der Waals surface area contributed by atoms with Crippen LogP contribution in [0.15, 0.2) is 376 Å². The summed E-state index contributed by atoms with van der Waals surface area (Å²) in [5.74, 6) is 0. The molecule has 6 aliphatic carbocycles. The van der Waals surface area contributed by atoms with Gasteiger partial charge in [0.25, 0.3) is 6.71 Å². The van der Waals surface area contributed by atoms with Crippen molar-refractivity contribution >= 4 is 79.0 Å². The third kappa shape index (κ3) is 6.88. The van der Waals surface area contributed by atoms with Crippen LogP contribution in [0.4, 0.5) is 34.1 Å². The summed E-state index contributed by atoms with van der Waals surface area (Å²) in [6.07, 6.45) is 0. The number of rotatable bonds is 4. The second-order valence-corrected chi connectivity index (χ2v) is 31.0. The fourth-order valence-corrected chi connectivity index (χ4v) is 22.9. The lowest BCUT2D eigenvalue weighted by molar-refractivity contribution is 0.786. The molecule has 3 nitrogen and oxygen atoms in total. The van der Waals surface area contributed by atoms with E-state index in [-0.39, 0.29) is 6.71 Å². The summed E-state index contributed by atoms with van der Waals surface area (Å²) in [5.41, 5.74) is 45.4. The minimum atomic E-state index is -0.776. The molecule has 26 rings (SSSR count). The van der Waals surface area contributed by atoms with Crippen LogP contribution in [-0.2, 0) is 16.2 Å². The van der Waals surface area contributed by atoms with E-state index in [9.17, 15) is 0 Å². The molecule has 0 saturated heterocycles. The number of fused-ring (bicyclic) bond motifs is 39. The predicted octanol–water partition coefficient (Wildman–Crippen LogP) is 23.6. The molecule has 500 valence electrons. The first-order chi connectivity index (χ1) is 54.1. The maximum atomic E-state index is 2.89. The van der Waals surface area contributed by atoms with Gasteiger partial charge in [-0.2, -0.15) is 0 Å². The van der Waals surface area contributed by atoms with Crippen LogP contribution in [-0.4, -0.2) is 11.3 Å². The molecule has 1 aromatic heterocycles. The predicted molar refractivity (Wildman–Crippen MR) is 449 cm³/mol. The molecule has 0 atom stereocenters. The lowest BCUT2D eigenvalue weighted by Gasteiger charge is -2.48. The van der Waals surface area contributed by atoms with Crippen LogP contribution in [0, 0.1) is 0 Å². The molecular weight excluding hydrogens is 1310 g/mol. The molecule has 0 bridgehead atoms. The molecule has 4 heteroatoms. The lowest BCUT2D eigenvalue weighted by Crippen LogP contribution is -2.63. The van der Waals surface area contributed by atoms with Crippen molar-refractivity contribution in [2.45, 2.75) is 16.2 Å². The molecule has 17 aromatic carbocycles. The average molecular weight is 1380 g/mol. The van der Waals surface area contributed by atoms with Gasteiger partial charge in [-0.25, -0.2) is 0 Å². The summed E-state index contributed by atoms with van der Waals surface area (Å²) in [4.78, 5) is 5.59. The molecule has 0 saturated carbocycles. The van der Waals surface area contributed by atoms with Gasteiger partial charge in [0, 0.05) is 50.3 Å². The van der Waals surface area contributed by atoms with Crippen molar-refractivity contribution in [2.24, 2.45) is 0 Å². The Morgan fingerprint density at radius 1 is 0.211 bits per heavy atom.